The highest BCUT2D eigenvalue weighted by molar-refractivity contribution is 9.10. The molecule has 3 nitrogen and oxygen atoms in total. The third-order valence-electron chi connectivity index (χ3n) is 3.76. The Balaban J connectivity index is 2.45. The Labute approximate surface area is 119 Å². The fourth-order valence-electron chi connectivity index (χ4n) is 2.71. The van der Waals surface area contributed by atoms with Gasteiger partial charge >= 0.3 is 0 Å². The van der Waals surface area contributed by atoms with Crippen LogP contribution in [0.4, 0.5) is 10.1 Å². The Hall–Kier alpha value is -1.36. The summed E-state index contributed by atoms with van der Waals surface area (Å²) in [6.45, 7) is 6.06. The minimum absolute atomic E-state index is 0.243. The standard InChI is InChI=1S/C14H15BrFN3/c1-7-9(15)5-10(16)12-11(7)13-8(6-17-19(13)4)14(2,3)18-12/h5-6,18H,1-4H3. The van der Waals surface area contributed by atoms with Crippen LogP contribution in [0.2, 0.25) is 0 Å². The number of hydrogen-bond donors (Lipinski definition) is 1. The monoisotopic (exact) mass is 323 g/mol. The second kappa shape index (κ2) is 3.82. The molecule has 0 fully saturated rings. The van der Waals surface area contributed by atoms with Gasteiger partial charge in [0, 0.05) is 22.6 Å². The van der Waals surface area contributed by atoms with Crippen LogP contribution in [0.3, 0.4) is 0 Å². The molecule has 0 saturated heterocycles. The number of anilines is 1. The number of aromatic nitrogens is 2. The lowest BCUT2D eigenvalue weighted by molar-refractivity contribution is 0.577. The van der Waals surface area contributed by atoms with Gasteiger partial charge in [-0.2, -0.15) is 5.10 Å². The van der Waals surface area contributed by atoms with Gasteiger partial charge in [-0.3, -0.25) is 4.68 Å². The van der Waals surface area contributed by atoms with E-state index < -0.39 is 0 Å². The predicted molar refractivity (Wildman–Crippen MR) is 77.7 cm³/mol. The zero-order valence-corrected chi connectivity index (χ0v) is 12.9. The van der Waals surface area contributed by atoms with E-state index in [0.29, 0.717) is 5.69 Å². The van der Waals surface area contributed by atoms with Crippen LogP contribution in [0.25, 0.3) is 11.3 Å². The summed E-state index contributed by atoms with van der Waals surface area (Å²) in [7, 11) is 1.89. The minimum atomic E-state index is -0.336. The molecule has 1 aromatic carbocycles. The fourth-order valence-corrected chi connectivity index (χ4v) is 3.11. The van der Waals surface area contributed by atoms with Crippen molar-refractivity contribution in [3.05, 3.63) is 33.7 Å². The van der Waals surface area contributed by atoms with Gasteiger partial charge in [0.05, 0.1) is 23.1 Å². The summed E-state index contributed by atoms with van der Waals surface area (Å²) in [5.74, 6) is -0.243. The number of benzene rings is 1. The van der Waals surface area contributed by atoms with Gasteiger partial charge in [-0.15, -0.1) is 0 Å². The van der Waals surface area contributed by atoms with Crippen LogP contribution in [0, 0.1) is 12.7 Å². The summed E-state index contributed by atoms with van der Waals surface area (Å²) in [4.78, 5) is 0. The van der Waals surface area contributed by atoms with Crippen LogP contribution in [-0.4, -0.2) is 9.78 Å². The summed E-state index contributed by atoms with van der Waals surface area (Å²) < 4.78 is 16.9. The molecule has 0 bridgehead atoms. The molecule has 0 spiro atoms. The number of fused-ring (bicyclic) bond motifs is 3. The van der Waals surface area contributed by atoms with Crippen LogP contribution in [0.5, 0.6) is 0 Å². The first-order valence-corrected chi connectivity index (χ1v) is 6.92. The van der Waals surface area contributed by atoms with Gasteiger partial charge in [-0.05, 0) is 32.4 Å². The predicted octanol–water partition coefficient (Wildman–Crippen LogP) is 3.96. The van der Waals surface area contributed by atoms with Crippen LogP contribution in [-0.2, 0) is 12.6 Å². The molecule has 2 aromatic rings. The Kier molecular flexibility index (Phi) is 2.55. The topological polar surface area (TPSA) is 29.9 Å². The van der Waals surface area contributed by atoms with Gasteiger partial charge in [0.25, 0.3) is 0 Å². The molecule has 1 aromatic heterocycles. The molecule has 1 aliphatic heterocycles. The lowest BCUT2D eigenvalue weighted by Crippen LogP contribution is -2.32. The summed E-state index contributed by atoms with van der Waals surface area (Å²) in [5.41, 5.74) is 4.20. The van der Waals surface area contributed by atoms with Crippen molar-refractivity contribution in [3.63, 3.8) is 0 Å². The maximum Gasteiger partial charge on any atom is 0.148 e. The van der Waals surface area contributed by atoms with Crippen LogP contribution < -0.4 is 5.32 Å². The molecule has 19 heavy (non-hydrogen) atoms. The number of aryl methyl sites for hydroxylation is 1. The molecule has 0 amide bonds. The fraction of sp³-hybridized carbons (Fsp3) is 0.357. The van der Waals surface area contributed by atoms with E-state index in [-0.39, 0.29) is 11.4 Å². The Bertz CT molecular complexity index is 688. The van der Waals surface area contributed by atoms with Gasteiger partial charge in [0.1, 0.15) is 5.82 Å². The zero-order chi connectivity index (χ0) is 13.9. The number of rotatable bonds is 0. The first kappa shape index (κ1) is 12.7. The Morgan fingerprint density at radius 2 is 2.11 bits per heavy atom. The van der Waals surface area contributed by atoms with Gasteiger partial charge < -0.3 is 5.32 Å². The molecule has 100 valence electrons. The van der Waals surface area contributed by atoms with E-state index in [1.54, 1.807) is 0 Å². The van der Waals surface area contributed by atoms with E-state index in [1.165, 1.54) is 6.07 Å². The average molecular weight is 324 g/mol. The van der Waals surface area contributed by atoms with Crippen LogP contribution in [0.1, 0.15) is 25.0 Å². The van der Waals surface area contributed by atoms with E-state index in [4.69, 9.17) is 0 Å². The lowest BCUT2D eigenvalue weighted by Gasteiger charge is -2.35. The van der Waals surface area contributed by atoms with Crippen molar-refractivity contribution >= 4 is 21.6 Å². The summed E-state index contributed by atoms with van der Waals surface area (Å²) in [5, 5.41) is 7.63. The normalized spacial score (nSPS) is 15.7. The maximum atomic E-state index is 14.3. The van der Waals surface area contributed by atoms with Gasteiger partial charge in [0.2, 0.25) is 0 Å². The Morgan fingerprint density at radius 1 is 1.42 bits per heavy atom. The molecule has 0 aliphatic carbocycles. The number of halogens is 2. The molecule has 1 aliphatic rings. The third kappa shape index (κ3) is 1.64. The number of hydrogen-bond acceptors (Lipinski definition) is 2. The highest BCUT2D eigenvalue weighted by Gasteiger charge is 2.35. The van der Waals surface area contributed by atoms with Crippen molar-refractivity contribution in [1.82, 2.24) is 9.78 Å². The second-order valence-electron chi connectivity index (χ2n) is 5.50. The quantitative estimate of drug-likeness (QED) is 0.795. The van der Waals surface area contributed by atoms with Crippen molar-refractivity contribution in [1.29, 1.82) is 0 Å². The average Bonchev–Trinajstić information content (AvgIpc) is 2.69. The first-order valence-electron chi connectivity index (χ1n) is 6.12. The zero-order valence-electron chi connectivity index (χ0n) is 11.3. The van der Waals surface area contributed by atoms with Gasteiger partial charge in [-0.1, -0.05) is 15.9 Å². The molecular formula is C14H15BrFN3. The Morgan fingerprint density at radius 3 is 2.79 bits per heavy atom. The SMILES string of the molecule is Cc1c(Br)cc(F)c2c1-c1c(cnn1C)C(C)(C)N2. The second-order valence-corrected chi connectivity index (χ2v) is 6.35. The van der Waals surface area contributed by atoms with Crippen molar-refractivity contribution in [2.24, 2.45) is 7.05 Å². The summed E-state index contributed by atoms with van der Waals surface area (Å²) >= 11 is 3.42. The maximum absolute atomic E-state index is 14.3. The van der Waals surface area contributed by atoms with E-state index in [1.807, 2.05) is 38.7 Å². The van der Waals surface area contributed by atoms with E-state index in [0.717, 1.165) is 26.9 Å². The highest BCUT2D eigenvalue weighted by atomic mass is 79.9. The molecule has 2 heterocycles. The molecule has 0 unspecified atom stereocenters. The van der Waals surface area contributed by atoms with Crippen LogP contribution >= 0.6 is 15.9 Å². The first-order chi connectivity index (χ1) is 8.83. The van der Waals surface area contributed by atoms with Gasteiger partial charge in [-0.25, -0.2) is 4.39 Å². The molecule has 3 rings (SSSR count). The van der Waals surface area contributed by atoms with E-state index >= 15 is 0 Å². The largest absolute Gasteiger partial charge is 0.373 e. The number of nitrogens with zero attached hydrogens (tertiary/aromatic N) is 2. The van der Waals surface area contributed by atoms with Crippen molar-refractivity contribution in [2.75, 3.05) is 5.32 Å². The lowest BCUT2D eigenvalue weighted by atomic mass is 9.85. The molecule has 0 radical (unpaired) electrons. The van der Waals surface area contributed by atoms with E-state index in [9.17, 15) is 4.39 Å². The minimum Gasteiger partial charge on any atom is -0.373 e. The highest BCUT2D eigenvalue weighted by Crippen LogP contribution is 2.47. The number of nitrogens with one attached hydrogen (secondary N) is 1. The van der Waals surface area contributed by atoms with Crippen LogP contribution in [0.15, 0.2) is 16.7 Å². The molecule has 1 N–H and O–H groups in total. The van der Waals surface area contributed by atoms with Gasteiger partial charge in [0.15, 0.2) is 0 Å². The third-order valence-corrected chi connectivity index (χ3v) is 4.59. The summed E-state index contributed by atoms with van der Waals surface area (Å²) in [6, 6.07) is 1.51. The molecular weight excluding hydrogens is 309 g/mol. The molecule has 5 heteroatoms. The van der Waals surface area contributed by atoms with Crippen molar-refractivity contribution in [3.8, 4) is 11.3 Å². The van der Waals surface area contributed by atoms with E-state index in [2.05, 4.69) is 26.3 Å². The smallest absolute Gasteiger partial charge is 0.148 e. The van der Waals surface area contributed by atoms with Crippen molar-refractivity contribution < 1.29 is 4.39 Å². The molecule has 0 atom stereocenters. The summed E-state index contributed by atoms with van der Waals surface area (Å²) in [6.07, 6.45) is 1.85. The molecule has 0 saturated carbocycles. The van der Waals surface area contributed by atoms with Crippen molar-refractivity contribution in [2.45, 2.75) is 26.3 Å².